The summed E-state index contributed by atoms with van der Waals surface area (Å²) in [5, 5.41) is 22.3. The van der Waals surface area contributed by atoms with Gasteiger partial charge in [0.15, 0.2) is 0 Å². The molecule has 0 saturated carbocycles. The maximum Gasteiger partial charge on any atom is 0.258 e. The molecule has 0 aromatic heterocycles. The minimum absolute atomic E-state index is 0.0155. The molecule has 2 aliphatic rings. The number of aryl methyl sites for hydroxylation is 1. The van der Waals surface area contributed by atoms with Gasteiger partial charge in [-0.1, -0.05) is 43.6 Å². The number of carbonyl (C=O) groups excluding carboxylic acids is 1. The van der Waals surface area contributed by atoms with E-state index >= 15 is 0 Å². The van der Waals surface area contributed by atoms with E-state index in [0.717, 1.165) is 37.7 Å². The van der Waals surface area contributed by atoms with Crippen LogP contribution < -0.4 is 0 Å². The lowest BCUT2D eigenvalue weighted by molar-refractivity contribution is -0.00813. The SMILES string of the molecule is C=C(C)C1CCC(C)=CC1c1c(O)cc(CCCCC)c(C(=O)N2CC(C)(F)C2)c1O. The molecule has 1 aliphatic carbocycles. The Hall–Kier alpha value is -2.30. The number of phenolic OH excluding ortho intramolecular Hbond substituents is 2. The second-order valence-corrected chi connectivity index (χ2v) is 9.75. The third kappa shape index (κ3) is 4.81. The number of alkyl halides is 1. The lowest BCUT2D eigenvalue weighted by Gasteiger charge is -2.42. The Morgan fingerprint density at radius 1 is 1.32 bits per heavy atom. The number of aromatic hydroxyl groups is 2. The lowest BCUT2D eigenvalue weighted by Crippen LogP contribution is -2.59. The molecule has 1 aliphatic heterocycles. The van der Waals surface area contributed by atoms with Crippen LogP contribution in [0.4, 0.5) is 4.39 Å². The summed E-state index contributed by atoms with van der Waals surface area (Å²) in [6, 6.07) is 1.64. The van der Waals surface area contributed by atoms with E-state index in [9.17, 15) is 19.4 Å². The van der Waals surface area contributed by atoms with Crippen LogP contribution in [0, 0.1) is 5.92 Å². The Balaban J connectivity index is 2.09. The number of unbranched alkanes of at least 4 members (excludes halogenated alkanes) is 2. The fourth-order valence-corrected chi connectivity index (χ4v) is 5.01. The maximum absolute atomic E-state index is 14.1. The molecular weight excluding hydrogens is 393 g/mol. The van der Waals surface area contributed by atoms with Crippen molar-refractivity contribution < 1.29 is 19.4 Å². The average Bonchev–Trinajstić information content (AvgIpc) is 2.65. The van der Waals surface area contributed by atoms with Crippen molar-refractivity contribution in [3.8, 4) is 11.5 Å². The highest BCUT2D eigenvalue weighted by Gasteiger charge is 2.43. The van der Waals surface area contributed by atoms with Crippen molar-refractivity contribution in [2.45, 2.75) is 77.8 Å². The van der Waals surface area contributed by atoms with Crippen LogP contribution in [0.5, 0.6) is 11.5 Å². The van der Waals surface area contributed by atoms with Gasteiger partial charge in [-0.25, -0.2) is 4.39 Å². The zero-order valence-electron chi connectivity index (χ0n) is 19.3. The second-order valence-electron chi connectivity index (χ2n) is 9.75. The van der Waals surface area contributed by atoms with E-state index in [1.807, 2.05) is 13.8 Å². The Morgan fingerprint density at radius 2 is 2.00 bits per heavy atom. The highest BCUT2D eigenvalue weighted by Crippen LogP contribution is 2.48. The zero-order chi connectivity index (χ0) is 22.9. The first-order valence-corrected chi connectivity index (χ1v) is 11.4. The molecule has 4 nitrogen and oxygen atoms in total. The second kappa shape index (κ2) is 9.05. The lowest BCUT2D eigenvalue weighted by atomic mass is 9.73. The van der Waals surface area contributed by atoms with E-state index in [-0.39, 0.29) is 47.9 Å². The summed E-state index contributed by atoms with van der Waals surface area (Å²) in [7, 11) is 0. The van der Waals surface area contributed by atoms with Gasteiger partial charge < -0.3 is 15.1 Å². The number of phenols is 2. The van der Waals surface area contributed by atoms with Gasteiger partial charge in [-0.05, 0) is 64.0 Å². The first-order valence-electron chi connectivity index (χ1n) is 11.4. The first kappa shape index (κ1) is 23.4. The molecule has 31 heavy (non-hydrogen) atoms. The molecule has 2 unspecified atom stereocenters. The molecule has 1 amide bonds. The summed E-state index contributed by atoms with van der Waals surface area (Å²) in [6.07, 6.45) is 7.36. The summed E-state index contributed by atoms with van der Waals surface area (Å²) in [4.78, 5) is 14.7. The van der Waals surface area contributed by atoms with E-state index in [1.54, 1.807) is 6.07 Å². The van der Waals surface area contributed by atoms with Gasteiger partial charge in [0.05, 0.1) is 18.7 Å². The highest BCUT2D eigenvalue weighted by atomic mass is 19.1. The Labute approximate surface area is 185 Å². The van der Waals surface area contributed by atoms with Gasteiger partial charge in [-0.2, -0.15) is 0 Å². The molecule has 1 fully saturated rings. The topological polar surface area (TPSA) is 60.8 Å². The van der Waals surface area contributed by atoms with Crippen LogP contribution in [0.1, 0.15) is 87.2 Å². The highest BCUT2D eigenvalue weighted by molar-refractivity contribution is 6.00. The number of likely N-dealkylation sites (tertiary alicyclic amines) is 1. The third-order valence-electron chi connectivity index (χ3n) is 6.71. The number of carbonyl (C=O) groups is 1. The van der Waals surface area contributed by atoms with Gasteiger partial charge in [0.1, 0.15) is 17.2 Å². The maximum atomic E-state index is 14.1. The molecule has 1 heterocycles. The van der Waals surface area contributed by atoms with Gasteiger partial charge in [0.25, 0.3) is 5.91 Å². The number of halogens is 1. The van der Waals surface area contributed by atoms with E-state index in [0.29, 0.717) is 17.5 Å². The molecule has 3 rings (SSSR count). The van der Waals surface area contributed by atoms with Crippen molar-refractivity contribution >= 4 is 5.91 Å². The fraction of sp³-hybridized carbons (Fsp3) is 0.577. The van der Waals surface area contributed by atoms with Crippen LogP contribution >= 0.6 is 0 Å². The van der Waals surface area contributed by atoms with Gasteiger partial charge in [-0.15, -0.1) is 0 Å². The largest absolute Gasteiger partial charge is 0.507 e. The van der Waals surface area contributed by atoms with Crippen molar-refractivity contribution in [1.29, 1.82) is 0 Å². The molecule has 1 aromatic rings. The molecule has 0 bridgehead atoms. The predicted molar refractivity (Wildman–Crippen MR) is 122 cm³/mol. The summed E-state index contributed by atoms with van der Waals surface area (Å²) >= 11 is 0. The third-order valence-corrected chi connectivity index (χ3v) is 6.71. The number of hydrogen-bond donors (Lipinski definition) is 2. The molecule has 2 atom stereocenters. The van der Waals surface area contributed by atoms with Crippen molar-refractivity contribution in [3.05, 3.63) is 46.6 Å². The normalized spacial score (nSPS) is 22.6. The molecule has 5 heteroatoms. The van der Waals surface area contributed by atoms with Crippen LogP contribution in [-0.4, -0.2) is 39.8 Å². The van der Waals surface area contributed by atoms with Crippen LogP contribution in [0.25, 0.3) is 0 Å². The quantitative estimate of drug-likeness (QED) is 0.411. The Morgan fingerprint density at radius 3 is 2.58 bits per heavy atom. The van der Waals surface area contributed by atoms with E-state index in [1.165, 1.54) is 17.4 Å². The van der Waals surface area contributed by atoms with Crippen molar-refractivity contribution in [2.24, 2.45) is 5.92 Å². The van der Waals surface area contributed by atoms with E-state index < -0.39 is 5.67 Å². The molecule has 0 radical (unpaired) electrons. The van der Waals surface area contributed by atoms with Crippen LogP contribution in [0.2, 0.25) is 0 Å². The fourth-order valence-electron chi connectivity index (χ4n) is 5.01. The number of nitrogens with zero attached hydrogens (tertiary/aromatic N) is 1. The zero-order valence-corrected chi connectivity index (χ0v) is 19.3. The summed E-state index contributed by atoms with van der Waals surface area (Å²) in [5.74, 6) is -0.672. The van der Waals surface area contributed by atoms with Crippen LogP contribution in [0.15, 0.2) is 29.9 Å². The molecular formula is C26H36FNO3. The van der Waals surface area contributed by atoms with Crippen LogP contribution in [-0.2, 0) is 6.42 Å². The van der Waals surface area contributed by atoms with Gasteiger partial charge in [0, 0.05) is 11.5 Å². The van der Waals surface area contributed by atoms with Gasteiger partial charge in [0.2, 0.25) is 0 Å². The summed E-state index contributed by atoms with van der Waals surface area (Å²) < 4.78 is 14.1. The van der Waals surface area contributed by atoms with Crippen molar-refractivity contribution in [1.82, 2.24) is 4.90 Å². The van der Waals surface area contributed by atoms with Crippen molar-refractivity contribution in [3.63, 3.8) is 0 Å². The van der Waals surface area contributed by atoms with Crippen LogP contribution in [0.3, 0.4) is 0 Å². The number of benzene rings is 1. The van der Waals surface area contributed by atoms with Gasteiger partial charge in [-0.3, -0.25) is 4.79 Å². The molecule has 170 valence electrons. The number of allylic oxidation sites excluding steroid dienone is 3. The van der Waals surface area contributed by atoms with Gasteiger partial charge >= 0.3 is 0 Å². The van der Waals surface area contributed by atoms with Crippen molar-refractivity contribution in [2.75, 3.05) is 13.1 Å². The molecule has 0 spiro atoms. The van der Waals surface area contributed by atoms with E-state index in [2.05, 4.69) is 19.6 Å². The minimum Gasteiger partial charge on any atom is -0.507 e. The first-order chi connectivity index (χ1) is 14.6. The standard InChI is InChI=1S/C26H36FNO3/c1-6-7-8-9-18-13-21(29)23(20-12-17(4)10-11-19(20)16(2)3)24(30)22(18)25(31)28-14-26(5,27)15-28/h12-13,19-20,29-30H,2,6-11,14-15H2,1,3-5H3. The molecule has 1 saturated heterocycles. The average molecular weight is 430 g/mol. The summed E-state index contributed by atoms with van der Waals surface area (Å²) in [5.41, 5.74) is 2.03. The molecule has 1 aromatic carbocycles. The molecule has 2 N–H and O–H groups in total. The predicted octanol–water partition coefficient (Wildman–Crippen LogP) is 6.03. The Bertz CT molecular complexity index is 894. The monoisotopic (exact) mass is 429 g/mol. The number of amides is 1. The smallest absolute Gasteiger partial charge is 0.258 e. The number of hydrogen-bond acceptors (Lipinski definition) is 3. The Kier molecular flexibility index (Phi) is 6.82. The summed E-state index contributed by atoms with van der Waals surface area (Å²) in [6.45, 7) is 11.8. The number of rotatable bonds is 7. The minimum atomic E-state index is -1.39. The van der Waals surface area contributed by atoms with E-state index in [4.69, 9.17) is 0 Å².